The summed E-state index contributed by atoms with van der Waals surface area (Å²) in [5.41, 5.74) is 2.73. The average molecular weight is 904 g/mol. The molecule has 4 aliphatic rings. The number of thiol groups is 3. The van der Waals surface area contributed by atoms with Gasteiger partial charge in [-0.05, 0) is 54.2 Å². The lowest BCUT2D eigenvalue weighted by atomic mass is 10.2. The van der Waals surface area contributed by atoms with Gasteiger partial charge in [-0.3, -0.25) is 0 Å². The van der Waals surface area contributed by atoms with E-state index in [9.17, 15) is 0 Å². The van der Waals surface area contributed by atoms with Gasteiger partial charge >= 0.3 is 0 Å². The van der Waals surface area contributed by atoms with Gasteiger partial charge in [0.15, 0.2) is 0 Å². The summed E-state index contributed by atoms with van der Waals surface area (Å²) in [6.45, 7) is 0. The Morgan fingerprint density at radius 2 is 0.783 bits per heavy atom. The molecule has 0 bridgehead atoms. The summed E-state index contributed by atoms with van der Waals surface area (Å²) in [5, 5.41) is 0. The van der Waals surface area contributed by atoms with Crippen LogP contribution in [0.25, 0.3) is 0 Å². The van der Waals surface area contributed by atoms with E-state index in [1.165, 1.54) is 64.0 Å². The van der Waals surface area contributed by atoms with Gasteiger partial charge in [0.2, 0.25) is 0 Å². The number of benzene rings is 1. The van der Waals surface area contributed by atoms with E-state index in [0.29, 0.717) is 0 Å². The zero-order valence-corrected chi connectivity index (χ0v) is 38.1. The van der Waals surface area contributed by atoms with Crippen molar-refractivity contribution in [3.63, 3.8) is 0 Å². The SMILES string of the molecule is CSC1=C(SC)SC(=C/C=C2/SC(CS)=C(SCc3ccc(CSC4=C(SC)S/C(=C/C=C5SC(CS)=C(CS)S5)S4)cc3)S2)S1. The Morgan fingerprint density at radius 3 is 1.22 bits per heavy atom. The molecule has 0 N–H and O–H groups in total. The zero-order valence-electron chi connectivity index (χ0n) is 24.8. The molecular weight excluding hydrogens is 873 g/mol. The zero-order chi connectivity index (χ0) is 32.5. The van der Waals surface area contributed by atoms with Crippen LogP contribution in [0.3, 0.4) is 0 Å². The van der Waals surface area contributed by atoms with Crippen LogP contribution in [-0.2, 0) is 11.5 Å². The Hall–Kier alpha value is 2.74. The minimum absolute atomic E-state index is 0.782. The maximum atomic E-state index is 4.64. The summed E-state index contributed by atoms with van der Waals surface area (Å²) >= 11 is 38.1. The second-order valence-corrected chi connectivity index (χ2v) is 25.3. The molecule has 246 valence electrons. The molecule has 0 unspecified atom stereocenters. The highest BCUT2D eigenvalue weighted by molar-refractivity contribution is 8.41. The van der Waals surface area contributed by atoms with Crippen molar-refractivity contribution in [1.29, 1.82) is 0 Å². The predicted octanol–water partition coefficient (Wildman–Crippen LogP) is 15.0. The second-order valence-electron chi connectivity index (χ2n) is 8.95. The average Bonchev–Trinajstić information content (AvgIpc) is 3.88. The van der Waals surface area contributed by atoms with E-state index in [-0.39, 0.29) is 0 Å². The van der Waals surface area contributed by atoms with Gasteiger partial charge < -0.3 is 0 Å². The Bertz CT molecular complexity index is 1390. The highest BCUT2D eigenvalue weighted by Gasteiger charge is 2.24. The van der Waals surface area contributed by atoms with Crippen LogP contribution in [0.4, 0.5) is 0 Å². The fraction of sp³-hybridized carbons (Fsp3) is 0.267. The Morgan fingerprint density at radius 1 is 0.457 bits per heavy atom. The maximum Gasteiger partial charge on any atom is 0.0663 e. The first-order valence-corrected chi connectivity index (χ1v) is 27.5. The summed E-state index contributed by atoms with van der Waals surface area (Å²) < 4.78 is 12.4. The Kier molecular flexibility index (Phi) is 18.1. The summed E-state index contributed by atoms with van der Waals surface area (Å²) in [5.74, 6) is 4.30. The van der Waals surface area contributed by atoms with E-state index in [2.05, 4.69) is 105 Å². The standard InChI is InChI=1S/C30H30S16/c1-34-27-28(35-2)44-24(43-27)11-9-23-41-21(14-33)26(42-23)37-15-17-4-6-18(7-5-17)16-38-30-29(36-3)45-25(46-30)10-8-22-39-19(12-31)20(13-32)40-22/h4-11,31-33H,12-16H2,1-3H3/b23-9-,25-10-. The minimum atomic E-state index is 0.782. The van der Waals surface area contributed by atoms with Crippen LogP contribution >= 0.6 is 191 Å². The van der Waals surface area contributed by atoms with Crippen LogP contribution < -0.4 is 0 Å². The van der Waals surface area contributed by atoms with Crippen molar-refractivity contribution in [1.82, 2.24) is 0 Å². The van der Waals surface area contributed by atoms with Crippen LogP contribution in [-0.4, -0.2) is 36.0 Å². The van der Waals surface area contributed by atoms with E-state index in [1.807, 2.05) is 153 Å². The van der Waals surface area contributed by atoms with Gasteiger partial charge in [0.25, 0.3) is 0 Å². The summed E-state index contributed by atoms with van der Waals surface area (Å²) in [6.07, 6.45) is 15.6. The van der Waals surface area contributed by atoms with Crippen molar-refractivity contribution >= 4 is 191 Å². The molecule has 0 fully saturated rings. The molecule has 4 aliphatic heterocycles. The summed E-state index contributed by atoms with van der Waals surface area (Å²) in [4.78, 5) is 4.03. The van der Waals surface area contributed by atoms with Crippen molar-refractivity contribution in [3.8, 4) is 0 Å². The number of allylic oxidation sites excluding steroid dienone is 4. The largest absolute Gasteiger partial charge is 0.174 e. The van der Waals surface area contributed by atoms with Crippen LogP contribution in [0.5, 0.6) is 0 Å². The lowest BCUT2D eigenvalue weighted by molar-refractivity contribution is 1.35. The van der Waals surface area contributed by atoms with Crippen LogP contribution in [0.15, 0.2) is 101 Å². The van der Waals surface area contributed by atoms with Crippen LogP contribution in [0.2, 0.25) is 0 Å². The number of thioether (sulfide) groups is 13. The van der Waals surface area contributed by atoms with E-state index in [1.54, 1.807) is 0 Å². The van der Waals surface area contributed by atoms with Gasteiger partial charge in [-0.2, -0.15) is 37.9 Å². The quantitative estimate of drug-likeness (QED) is 0.152. The Labute approximate surface area is 346 Å². The fourth-order valence-corrected chi connectivity index (χ4v) is 21.5. The van der Waals surface area contributed by atoms with Crippen molar-refractivity contribution in [2.75, 3.05) is 36.0 Å². The third-order valence-corrected chi connectivity index (χ3v) is 24.7. The van der Waals surface area contributed by atoms with Crippen molar-refractivity contribution in [3.05, 3.63) is 113 Å². The molecule has 5 rings (SSSR count). The lowest BCUT2D eigenvalue weighted by Crippen LogP contribution is -1.85. The van der Waals surface area contributed by atoms with Gasteiger partial charge in [-0.25, -0.2) is 0 Å². The Balaban J connectivity index is 1.09. The van der Waals surface area contributed by atoms with Crippen molar-refractivity contribution in [2.45, 2.75) is 11.5 Å². The van der Waals surface area contributed by atoms with E-state index in [0.717, 1.165) is 28.8 Å². The molecule has 0 aliphatic carbocycles. The molecule has 0 atom stereocenters. The number of rotatable bonds is 14. The first-order chi connectivity index (χ1) is 22.5. The second kappa shape index (κ2) is 20.8. The van der Waals surface area contributed by atoms with Crippen LogP contribution in [0, 0.1) is 0 Å². The highest BCUT2D eigenvalue weighted by atomic mass is 32.3. The highest BCUT2D eigenvalue weighted by Crippen LogP contribution is 2.59. The van der Waals surface area contributed by atoms with Gasteiger partial charge in [0.05, 0.1) is 33.9 Å². The fourth-order valence-electron chi connectivity index (χ4n) is 3.77. The third-order valence-electron chi connectivity index (χ3n) is 5.97. The smallest absolute Gasteiger partial charge is 0.0663 e. The van der Waals surface area contributed by atoms with Gasteiger partial charge in [0.1, 0.15) is 0 Å². The molecule has 16 heteroatoms. The monoisotopic (exact) mass is 902 g/mol. The first kappa shape index (κ1) is 39.9. The lowest BCUT2D eigenvalue weighted by Gasteiger charge is -2.06. The molecule has 0 saturated carbocycles. The summed E-state index contributed by atoms with van der Waals surface area (Å²) in [6, 6.07) is 9.20. The molecule has 0 radical (unpaired) electrons. The van der Waals surface area contributed by atoms with E-state index >= 15 is 0 Å². The molecule has 0 saturated heterocycles. The maximum absolute atomic E-state index is 4.64. The normalized spacial score (nSPS) is 20.7. The topological polar surface area (TPSA) is 0 Å². The number of hydrogen-bond donors (Lipinski definition) is 3. The van der Waals surface area contributed by atoms with E-state index in [4.69, 9.17) is 0 Å². The van der Waals surface area contributed by atoms with Gasteiger partial charge in [-0.15, -0.1) is 58.8 Å². The third kappa shape index (κ3) is 11.4. The van der Waals surface area contributed by atoms with Crippen molar-refractivity contribution in [2.24, 2.45) is 0 Å². The van der Waals surface area contributed by atoms with Gasteiger partial charge in [0, 0.05) is 47.7 Å². The molecule has 0 nitrogen and oxygen atoms in total. The molecular formula is C30H30S16. The van der Waals surface area contributed by atoms with Crippen molar-refractivity contribution < 1.29 is 0 Å². The van der Waals surface area contributed by atoms with Crippen LogP contribution in [0.1, 0.15) is 11.1 Å². The molecule has 1 aromatic rings. The molecule has 0 spiro atoms. The first-order valence-electron chi connectivity index (χ1n) is 13.4. The van der Waals surface area contributed by atoms with Gasteiger partial charge in [-0.1, -0.05) is 118 Å². The van der Waals surface area contributed by atoms with E-state index < -0.39 is 0 Å². The molecule has 0 aromatic heterocycles. The molecule has 4 heterocycles. The molecule has 46 heavy (non-hydrogen) atoms. The predicted molar refractivity (Wildman–Crippen MR) is 252 cm³/mol. The molecule has 1 aromatic carbocycles. The minimum Gasteiger partial charge on any atom is -0.174 e. The number of hydrogen-bond acceptors (Lipinski definition) is 16. The summed E-state index contributed by atoms with van der Waals surface area (Å²) in [7, 11) is 0. The molecule has 0 amide bonds.